The molecule has 2 aromatic rings. The number of rotatable bonds is 7. The first kappa shape index (κ1) is 22.0. The fourth-order valence-electron chi connectivity index (χ4n) is 2.11. The Labute approximate surface area is 171 Å². The molecule has 0 radical (unpaired) electrons. The lowest BCUT2D eigenvalue weighted by molar-refractivity contribution is 0.0996. The van der Waals surface area contributed by atoms with Crippen molar-refractivity contribution in [3.8, 4) is 0 Å². The summed E-state index contributed by atoms with van der Waals surface area (Å²) in [7, 11) is 0. The zero-order valence-electron chi connectivity index (χ0n) is 15.4. The van der Waals surface area contributed by atoms with E-state index < -0.39 is 0 Å². The van der Waals surface area contributed by atoms with E-state index in [9.17, 15) is 4.79 Å². The number of carbonyl (C=O) groups is 1. The molecule has 142 valence electrons. The summed E-state index contributed by atoms with van der Waals surface area (Å²) in [5, 5.41) is 9.34. The summed E-state index contributed by atoms with van der Waals surface area (Å²) in [6.45, 7) is 8.63. The van der Waals surface area contributed by atoms with Gasteiger partial charge in [0, 0.05) is 18.8 Å². The molecule has 0 saturated carbocycles. The van der Waals surface area contributed by atoms with Gasteiger partial charge in [0.05, 0.1) is 12.8 Å². The molecule has 0 saturated heterocycles. The summed E-state index contributed by atoms with van der Waals surface area (Å²) < 4.78 is 5.08. The normalized spacial score (nSPS) is 11.0. The predicted molar refractivity (Wildman–Crippen MR) is 116 cm³/mol. The SMILES string of the molecule is CCNC(=NCc1ccc(NC(=O)c2ccco2)cc1)NCC(C)C.I. The summed E-state index contributed by atoms with van der Waals surface area (Å²) in [6.07, 6.45) is 1.48. The summed E-state index contributed by atoms with van der Waals surface area (Å²) in [4.78, 5) is 16.5. The van der Waals surface area contributed by atoms with Gasteiger partial charge in [0.2, 0.25) is 0 Å². The third-order valence-corrected chi connectivity index (χ3v) is 3.40. The lowest BCUT2D eigenvalue weighted by Crippen LogP contribution is -2.39. The summed E-state index contributed by atoms with van der Waals surface area (Å²) in [5.74, 6) is 1.40. The Hall–Kier alpha value is -2.03. The van der Waals surface area contributed by atoms with Gasteiger partial charge in [-0.1, -0.05) is 26.0 Å². The van der Waals surface area contributed by atoms with Crippen LogP contribution in [0, 0.1) is 5.92 Å². The fourth-order valence-corrected chi connectivity index (χ4v) is 2.11. The number of furan rings is 1. The Morgan fingerprint density at radius 2 is 1.88 bits per heavy atom. The molecule has 0 aliphatic carbocycles. The van der Waals surface area contributed by atoms with E-state index in [1.807, 2.05) is 31.2 Å². The number of benzene rings is 1. The fraction of sp³-hybridized carbons (Fsp3) is 0.368. The van der Waals surface area contributed by atoms with Gasteiger partial charge in [-0.2, -0.15) is 0 Å². The van der Waals surface area contributed by atoms with Crippen molar-refractivity contribution in [3.63, 3.8) is 0 Å². The van der Waals surface area contributed by atoms with Crippen molar-refractivity contribution in [1.29, 1.82) is 0 Å². The molecule has 0 unspecified atom stereocenters. The minimum atomic E-state index is -0.261. The molecule has 0 fully saturated rings. The smallest absolute Gasteiger partial charge is 0.291 e. The van der Waals surface area contributed by atoms with Gasteiger partial charge in [-0.25, -0.2) is 4.99 Å². The average molecular weight is 470 g/mol. The topological polar surface area (TPSA) is 78.7 Å². The molecule has 0 aliphatic heterocycles. The predicted octanol–water partition coefficient (Wildman–Crippen LogP) is 3.86. The molecule has 7 heteroatoms. The number of nitrogens with one attached hydrogen (secondary N) is 3. The number of carbonyl (C=O) groups excluding carboxylic acids is 1. The van der Waals surface area contributed by atoms with Crippen molar-refractivity contribution in [2.24, 2.45) is 10.9 Å². The summed E-state index contributed by atoms with van der Waals surface area (Å²) >= 11 is 0. The maximum absolute atomic E-state index is 11.9. The number of hydrogen-bond acceptors (Lipinski definition) is 3. The van der Waals surface area contributed by atoms with Gasteiger partial charge in [-0.15, -0.1) is 24.0 Å². The number of hydrogen-bond donors (Lipinski definition) is 3. The second-order valence-electron chi connectivity index (χ2n) is 6.10. The number of nitrogens with zero attached hydrogens (tertiary/aromatic N) is 1. The van der Waals surface area contributed by atoms with Crippen LogP contribution in [0.15, 0.2) is 52.1 Å². The highest BCUT2D eigenvalue weighted by atomic mass is 127. The maximum atomic E-state index is 11.9. The van der Waals surface area contributed by atoms with Gasteiger partial charge in [0.25, 0.3) is 5.91 Å². The monoisotopic (exact) mass is 470 g/mol. The Morgan fingerprint density at radius 1 is 1.15 bits per heavy atom. The second kappa shape index (κ2) is 11.6. The van der Waals surface area contributed by atoms with Crippen LogP contribution in [0.5, 0.6) is 0 Å². The van der Waals surface area contributed by atoms with E-state index in [4.69, 9.17) is 4.42 Å². The standard InChI is InChI=1S/C19H26N4O2.HI/c1-4-20-19(21-12-14(2)3)22-13-15-7-9-16(10-8-15)23-18(24)17-6-5-11-25-17;/h5-11,14H,4,12-13H2,1-3H3,(H,23,24)(H2,20,21,22);1H. The van der Waals surface area contributed by atoms with Gasteiger partial charge < -0.3 is 20.4 Å². The maximum Gasteiger partial charge on any atom is 0.291 e. The van der Waals surface area contributed by atoms with Gasteiger partial charge in [0.15, 0.2) is 11.7 Å². The molecule has 1 amide bonds. The van der Waals surface area contributed by atoms with Crippen molar-refractivity contribution in [3.05, 3.63) is 54.0 Å². The van der Waals surface area contributed by atoms with E-state index >= 15 is 0 Å². The summed E-state index contributed by atoms with van der Waals surface area (Å²) in [6, 6.07) is 10.9. The Morgan fingerprint density at radius 3 is 2.46 bits per heavy atom. The molecule has 0 aliphatic rings. The molecule has 0 spiro atoms. The van der Waals surface area contributed by atoms with Gasteiger partial charge >= 0.3 is 0 Å². The van der Waals surface area contributed by atoms with Crippen LogP contribution in [0.1, 0.15) is 36.9 Å². The van der Waals surface area contributed by atoms with Gasteiger partial charge in [-0.3, -0.25) is 4.79 Å². The van der Waals surface area contributed by atoms with E-state index in [1.54, 1.807) is 12.1 Å². The minimum absolute atomic E-state index is 0. The summed E-state index contributed by atoms with van der Waals surface area (Å²) in [5.41, 5.74) is 1.79. The van der Waals surface area contributed by atoms with Crippen molar-refractivity contribution in [1.82, 2.24) is 10.6 Å². The van der Waals surface area contributed by atoms with Crippen LogP contribution >= 0.6 is 24.0 Å². The van der Waals surface area contributed by atoms with E-state index in [0.29, 0.717) is 18.2 Å². The Kier molecular flexibility index (Phi) is 9.79. The molecule has 0 bridgehead atoms. The van der Waals surface area contributed by atoms with Gasteiger partial charge in [0.1, 0.15) is 0 Å². The van der Waals surface area contributed by atoms with Crippen molar-refractivity contribution in [2.75, 3.05) is 18.4 Å². The minimum Gasteiger partial charge on any atom is -0.459 e. The number of anilines is 1. The molecule has 1 aromatic carbocycles. The first-order chi connectivity index (χ1) is 12.1. The zero-order valence-corrected chi connectivity index (χ0v) is 17.7. The Balaban J connectivity index is 0.00000338. The molecule has 1 heterocycles. The van der Waals surface area contributed by atoms with Crippen LogP contribution in [0.25, 0.3) is 0 Å². The highest BCUT2D eigenvalue weighted by Gasteiger charge is 2.08. The lowest BCUT2D eigenvalue weighted by atomic mass is 10.2. The van der Waals surface area contributed by atoms with E-state index in [-0.39, 0.29) is 29.9 Å². The zero-order chi connectivity index (χ0) is 18.1. The van der Waals surface area contributed by atoms with Crippen LogP contribution in [-0.2, 0) is 6.54 Å². The highest BCUT2D eigenvalue weighted by Crippen LogP contribution is 2.12. The second-order valence-corrected chi connectivity index (χ2v) is 6.10. The number of amides is 1. The van der Waals surface area contributed by atoms with Crippen LogP contribution in [0.4, 0.5) is 5.69 Å². The number of halogens is 1. The first-order valence-electron chi connectivity index (χ1n) is 8.54. The van der Waals surface area contributed by atoms with Crippen LogP contribution in [0.2, 0.25) is 0 Å². The van der Waals surface area contributed by atoms with Crippen LogP contribution in [-0.4, -0.2) is 25.0 Å². The lowest BCUT2D eigenvalue weighted by Gasteiger charge is -2.13. The third-order valence-electron chi connectivity index (χ3n) is 3.40. The van der Waals surface area contributed by atoms with Crippen LogP contribution < -0.4 is 16.0 Å². The largest absolute Gasteiger partial charge is 0.459 e. The highest BCUT2D eigenvalue weighted by molar-refractivity contribution is 14.0. The molecule has 0 atom stereocenters. The molecule has 3 N–H and O–H groups in total. The number of aliphatic imine (C=N–C) groups is 1. The van der Waals surface area contributed by atoms with Crippen molar-refractivity contribution < 1.29 is 9.21 Å². The molecular formula is C19H27IN4O2. The average Bonchev–Trinajstić information content (AvgIpc) is 3.13. The van der Waals surface area contributed by atoms with Gasteiger partial charge in [-0.05, 0) is 42.7 Å². The molecule has 1 aromatic heterocycles. The molecule has 26 heavy (non-hydrogen) atoms. The molecular weight excluding hydrogens is 443 g/mol. The first-order valence-corrected chi connectivity index (χ1v) is 8.54. The van der Waals surface area contributed by atoms with E-state index in [2.05, 4.69) is 34.8 Å². The van der Waals surface area contributed by atoms with Crippen molar-refractivity contribution >= 4 is 41.5 Å². The molecule has 6 nitrogen and oxygen atoms in total. The van der Waals surface area contributed by atoms with Crippen LogP contribution in [0.3, 0.4) is 0 Å². The quantitative estimate of drug-likeness (QED) is 0.326. The molecule has 2 rings (SSSR count). The third kappa shape index (κ3) is 7.47. The Bertz CT molecular complexity index is 682. The van der Waals surface area contributed by atoms with E-state index in [1.165, 1.54) is 6.26 Å². The van der Waals surface area contributed by atoms with Crippen molar-refractivity contribution in [2.45, 2.75) is 27.3 Å². The van der Waals surface area contributed by atoms with E-state index in [0.717, 1.165) is 30.3 Å². The number of guanidine groups is 1.